The van der Waals surface area contributed by atoms with E-state index in [1.54, 1.807) is 0 Å². The third-order valence-corrected chi connectivity index (χ3v) is 3.52. The summed E-state index contributed by atoms with van der Waals surface area (Å²) in [4.78, 5) is 12.1. The zero-order valence-corrected chi connectivity index (χ0v) is 10.5. The fraction of sp³-hybridized carbons (Fsp3) is 0.133. The summed E-state index contributed by atoms with van der Waals surface area (Å²) >= 11 is 0. The summed E-state index contributed by atoms with van der Waals surface area (Å²) in [5.74, 6) is -2.28. The first-order valence-electron chi connectivity index (χ1n) is 6.19. The standard InChI is InChI=1S/C15H12F2N2O/c16-11-6-12(17)14(7-13(11)18)19-15(20)10-5-8-3-1-2-4-9(8)10/h1-4,6-7,10H,5,18H2,(H,19,20). The van der Waals surface area contributed by atoms with Crippen LogP contribution in [0.1, 0.15) is 17.0 Å². The number of nitrogens with two attached hydrogens (primary N) is 1. The molecule has 1 amide bonds. The van der Waals surface area contributed by atoms with Gasteiger partial charge in [0, 0.05) is 6.07 Å². The van der Waals surface area contributed by atoms with E-state index in [9.17, 15) is 13.6 Å². The van der Waals surface area contributed by atoms with Gasteiger partial charge in [0.25, 0.3) is 0 Å². The van der Waals surface area contributed by atoms with Gasteiger partial charge in [-0.2, -0.15) is 0 Å². The molecule has 1 aliphatic carbocycles. The molecule has 0 fully saturated rings. The lowest BCUT2D eigenvalue weighted by atomic mass is 9.77. The minimum atomic E-state index is -0.838. The maximum absolute atomic E-state index is 13.6. The predicted octanol–water partition coefficient (Wildman–Crippen LogP) is 2.83. The zero-order valence-electron chi connectivity index (χ0n) is 10.5. The van der Waals surface area contributed by atoms with Crippen LogP contribution in [0.15, 0.2) is 36.4 Å². The highest BCUT2D eigenvalue weighted by Gasteiger charge is 2.32. The van der Waals surface area contributed by atoms with Crippen molar-refractivity contribution in [2.45, 2.75) is 12.3 Å². The highest BCUT2D eigenvalue weighted by Crippen LogP contribution is 2.36. The van der Waals surface area contributed by atoms with Gasteiger partial charge in [0.2, 0.25) is 5.91 Å². The van der Waals surface area contributed by atoms with Crippen LogP contribution >= 0.6 is 0 Å². The normalized spacial score (nSPS) is 16.2. The number of hydrogen-bond donors (Lipinski definition) is 2. The van der Waals surface area contributed by atoms with E-state index in [0.29, 0.717) is 12.5 Å². The van der Waals surface area contributed by atoms with Crippen LogP contribution in [0.5, 0.6) is 0 Å². The molecular formula is C15H12F2N2O. The van der Waals surface area contributed by atoms with Crippen molar-refractivity contribution in [1.29, 1.82) is 0 Å². The van der Waals surface area contributed by atoms with E-state index in [1.807, 2.05) is 24.3 Å². The van der Waals surface area contributed by atoms with Gasteiger partial charge in [-0.25, -0.2) is 8.78 Å². The molecule has 2 aromatic carbocycles. The van der Waals surface area contributed by atoms with Crippen LogP contribution in [0.3, 0.4) is 0 Å². The average molecular weight is 274 g/mol. The van der Waals surface area contributed by atoms with E-state index in [1.165, 1.54) is 0 Å². The van der Waals surface area contributed by atoms with E-state index in [2.05, 4.69) is 5.32 Å². The first-order chi connectivity index (χ1) is 9.56. The fourth-order valence-corrected chi connectivity index (χ4v) is 2.37. The van der Waals surface area contributed by atoms with Crippen molar-refractivity contribution in [1.82, 2.24) is 0 Å². The fourth-order valence-electron chi connectivity index (χ4n) is 2.37. The lowest BCUT2D eigenvalue weighted by Crippen LogP contribution is -2.30. The second-order valence-electron chi connectivity index (χ2n) is 4.80. The molecule has 0 bridgehead atoms. The van der Waals surface area contributed by atoms with Crippen molar-refractivity contribution >= 4 is 17.3 Å². The van der Waals surface area contributed by atoms with Crippen LogP contribution in [0.2, 0.25) is 0 Å². The van der Waals surface area contributed by atoms with Crippen LogP contribution in [-0.4, -0.2) is 5.91 Å². The quantitative estimate of drug-likeness (QED) is 0.827. The second-order valence-corrected chi connectivity index (χ2v) is 4.80. The third kappa shape index (κ3) is 2.01. The first kappa shape index (κ1) is 12.6. The molecule has 0 saturated carbocycles. The number of anilines is 2. The van der Waals surface area contributed by atoms with E-state index < -0.39 is 11.6 Å². The van der Waals surface area contributed by atoms with Crippen molar-refractivity contribution in [3.8, 4) is 0 Å². The molecule has 102 valence electrons. The minimum Gasteiger partial charge on any atom is -0.396 e. The Kier molecular flexibility index (Phi) is 2.89. The molecule has 0 saturated heterocycles. The number of carbonyl (C=O) groups excluding carboxylic acids is 1. The molecular weight excluding hydrogens is 262 g/mol. The molecule has 0 radical (unpaired) electrons. The van der Waals surface area contributed by atoms with E-state index in [4.69, 9.17) is 5.73 Å². The number of fused-ring (bicyclic) bond motifs is 1. The third-order valence-electron chi connectivity index (χ3n) is 3.52. The summed E-state index contributed by atoms with van der Waals surface area (Å²) in [5, 5.41) is 2.46. The van der Waals surface area contributed by atoms with Crippen LogP contribution in [-0.2, 0) is 11.2 Å². The maximum Gasteiger partial charge on any atom is 0.232 e. The molecule has 20 heavy (non-hydrogen) atoms. The smallest absolute Gasteiger partial charge is 0.232 e. The maximum atomic E-state index is 13.6. The number of carbonyl (C=O) groups is 1. The Bertz CT molecular complexity index is 700. The topological polar surface area (TPSA) is 55.1 Å². The lowest BCUT2D eigenvalue weighted by molar-refractivity contribution is -0.118. The summed E-state index contributed by atoms with van der Waals surface area (Å²) < 4.78 is 26.6. The molecule has 0 aliphatic heterocycles. The van der Waals surface area contributed by atoms with Crippen LogP contribution in [0.25, 0.3) is 0 Å². The van der Waals surface area contributed by atoms with Gasteiger partial charge < -0.3 is 11.1 Å². The highest BCUT2D eigenvalue weighted by molar-refractivity contribution is 5.98. The number of benzene rings is 2. The predicted molar refractivity (Wildman–Crippen MR) is 72.3 cm³/mol. The molecule has 1 unspecified atom stereocenters. The number of amides is 1. The Morgan fingerprint density at radius 2 is 1.95 bits per heavy atom. The Balaban J connectivity index is 1.80. The number of rotatable bonds is 2. The summed E-state index contributed by atoms with van der Waals surface area (Å²) in [6, 6.07) is 9.35. The highest BCUT2D eigenvalue weighted by atomic mass is 19.1. The Morgan fingerprint density at radius 1 is 1.20 bits per heavy atom. The molecule has 1 atom stereocenters. The average Bonchev–Trinajstić information content (AvgIpc) is 2.37. The van der Waals surface area contributed by atoms with Crippen molar-refractivity contribution in [3.63, 3.8) is 0 Å². The second kappa shape index (κ2) is 4.59. The molecule has 5 heteroatoms. The van der Waals surface area contributed by atoms with Gasteiger partial charge in [-0.3, -0.25) is 4.79 Å². The minimum absolute atomic E-state index is 0.0988. The van der Waals surface area contributed by atoms with Gasteiger partial charge >= 0.3 is 0 Å². The molecule has 1 aliphatic rings. The number of hydrogen-bond acceptors (Lipinski definition) is 2. The van der Waals surface area contributed by atoms with Crippen LogP contribution in [0.4, 0.5) is 20.2 Å². The lowest BCUT2D eigenvalue weighted by Gasteiger charge is -2.28. The summed E-state index contributed by atoms with van der Waals surface area (Å²) in [5.41, 5.74) is 7.14. The summed E-state index contributed by atoms with van der Waals surface area (Å²) in [6.07, 6.45) is 0.625. The van der Waals surface area contributed by atoms with Crippen molar-refractivity contribution < 1.29 is 13.6 Å². The monoisotopic (exact) mass is 274 g/mol. The van der Waals surface area contributed by atoms with Gasteiger partial charge in [-0.15, -0.1) is 0 Å². The van der Waals surface area contributed by atoms with Crippen LogP contribution < -0.4 is 11.1 Å². The molecule has 2 aromatic rings. The molecule has 0 spiro atoms. The first-order valence-corrected chi connectivity index (χ1v) is 6.19. The number of nitrogens with one attached hydrogen (secondary N) is 1. The van der Waals surface area contributed by atoms with Gasteiger partial charge in [0.15, 0.2) is 0 Å². The van der Waals surface area contributed by atoms with Crippen molar-refractivity contribution in [2.75, 3.05) is 11.1 Å². The Morgan fingerprint density at radius 3 is 2.70 bits per heavy atom. The Labute approximate surface area is 114 Å². The summed E-state index contributed by atoms with van der Waals surface area (Å²) in [7, 11) is 0. The largest absolute Gasteiger partial charge is 0.396 e. The molecule has 0 aromatic heterocycles. The van der Waals surface area contributed by atoms with Gasteiger partial charge in [-0.05, 0) is 23.6 Å². The van der Waals surface area contributed by atoms with Gasteiger partial charge in [0.1, 0.15) is 11.6 Å². The number of nitrogen functional groups attached to an aromatic ring is 1. The van der Waals surface area contributed by atoms with Crippen LogP contribution in [0, 0.1) is 11.6 Å². The van der Waals surface area contributed by atoms with E-state index in [-0.39, 0.29) is 23.2 Å². The molecule has 3 nitrogen and oxygen atoms in total. The zero-order chi connectivity index (χ0) is 14.3. The van der Waals surface area contributed by atoms with Gasteiger partial charge in [-0.1, -0.05) is 24.3 Å². The van der Waals surface area contributed by atoms with Gasteiger partial charge in [0.05, 0.1) is 17.3 Å². The SMILES string of the molecule is Nc1cc(NC(=O)C2Cc3ccccc32)c(F)cc1F. The molecule has 3 rings (SSSR count). The molecule has 0 heterocycles. The van der Waals surface area contributed by atoms with Crippen molar-refractivity contribution in [2.24, 2.45) is 0 Å². The Hall–Kier alpha value is -2.43. The summed E-state index contributed by atoms with van der Waals surface area (Å²) in [6.45, 7) is 0. The van der Waals surface area contributed by atoms with E-state index in [0.717, 1.165) is 17.2 Å². The van der Waals surface area contributed by atoms with Crippen molar-refractivity contribution in [3.05, 3.63) is 59.2 Å². The number of halogens is 2. The van der Waals surface area contributed by atoms with E-state index >= 15 is 0 Å². The molecule has 3 N–H and O–H groups in total.